The van der Waals surface area contributed by atoms with Crippen LogP contribution in [-0.2, 0) is 4.79 Å². The molecule has 5 nitrogen and oxygen atoms in total. The third-order valence-corrected chi connectivity index (χ3v) is 2.75. The van der Waals surface area contributed by atoms with E-state index in [2.05, 4.69) is 5.32 Å². The van der Waals surface area contributed by atoms with Crippen LogP contribution < -0.4 is 11.1 Å². The first-order chi connectivity index (χ1) is 8.77. The van der Waals surface area contributed by atoms with Crippen molar-refractivity contribution in [1.29, 1.82) is 0 Å². The van der Waals surface area contributed by atoms with E-state index in [4.69, 9.17) is 10.8 Å². The number of halogens is 1. The molecule has 0 saturated heterocycles. The third-order valence-electron chi connectivity index (χ3n) is 2.75. The number of nitrogens with one attached hydrogen (secondary N) is 1. The van der Waals surface area contributed by atoms with Crippen LogP contribution in [0.3, 0.4) is 0 Å². The first-order valence-corrected chi connectivity index (χ1v) is 5.91. The summed E-state index contributed by atoms with van der Waals surface area (Å²) in [5.74, 6) is -2.54. The number of carbonyl (C=O) groups is 2. The van der Waals surface area contributed by atoms with Crippen molar-refractivity contribution in [3.05, 3.63) is 29.6 Å². The van der Waals surface area contributed by atoms with Crippen LogP contribution in [0, 0.1) is 5.82 Å². The summed E-state index contributed by atoms with van der Waals surface area (Å²) >= 11 is 0. The van der Waals surface area contributed by atoms with E-state index in [1.807, 2.05) is 6.92 Å². The van der Waals surface area contributed by atoms with Crippen molar-refractivity contribution < 1.29 is 19.1 Å². The minimum Gasteiger partial charge on any atom is -0.478 e. The number of rotatable bonds is 5. The van der Waals surface area contributed by atoms with Crippen molar-refractivity contribution in [2.75, 3.05) is 5.32 Å². The fourth-order valence-electron chi connectivity index (χ4n) is 1.65. The Kier molecular flexibility index (Phi) is 4.61. The van der Waals surface area contributed by atoms with E-state index in [1.54, 1.807) is 6.92 Å². The number of hydrogen-bond donors (Lipinski definition) is 3. The lowest BCUT2D eigenvalue weighted by molar-refractivity contribution is -0.120. The average molecular weight is 268 g/mol. The first kappa shape index (κ1) is 15.1. The Labute approximate surface area is 110 Å². The standard InChI is InChI=1S/C13H17FN2O3/c1-3-6-13(2,15)12(19)16-10-5-4-8(11(17)18)7-9(10)14/h4-5,7H,3,6,15H2,1-2H3,(H,16,19)(H,17,18). The molecule has 0 aliphatic heterocycles. The predicted octanol–water partition coefficient (Wildman–Crippen LogP) is 1.98. The number of nitrogens with two attached hydrogens (primary N) is 1. The van der Waals surface area contributed by atoms with Crippen molar-refractivity contribution in [2.45, 2.75) is 32.2 Å². The second-order valence-corrected chi connectivity index (χ2v) is 4.62. The van der Waals surface area contributed by atoms with Gasteiger partial charge in [0.2, 0.25) is 5.91 Å². The van der Waals surface area contributed by atoms with Crippen molar-refractivity contribution in [1.82, 2.24) is 0 Å². The van der Waals surface area contributed by atoms with Gasteiger partial charge in [-0.2, -0.15) is 0 Å². The van der Waals surface area contributed by atoms with E-state index >= 15 is 0 Å². The minimum absolute atomic E-state index is 0.0808. The molecule has 1 atom stereocenters. The van der Waals surface area contributed by atoms with Crippen LogP contribution in [0.2, 0.25) is 0 Å². The molecule has 0 aliphatic rings. The predicted molar refractivity (Wildman–Crippen MR) is 69.5 cm³/mol. The molecule has 0 heterocycles. The number of amides is 1. The maximum Gasteiger partial charge on any atom is 0.335 e. The highest BCUT2D eigenvalue weighted by Gasteiger charge is 2.27. The molecule has 0 aromatic heterocycles. The molecule has 4 N–H and O–H groups in total. The Morgan fingerprint density at radius 3 is 2.58 bits per heavy atom. The van der Waals surface area contributed by atoms with Gasteiger partial charge in [0.05, 0.1) is 16.8 Å². The van der Waals surface area contributed by atoms with Gasteiger partial charge in [0.15, 0.2) is 0 Å². The van der Waals surface area contributed by atoms with Gasteiger partial charge < -0.3 is 16.2 Å². The number of benzene rings is 1. The number of carboxylic acid groups (broad SMARTS) is 1. The van der Waals surface area contributed by atoms with E-state index in [0.29, 0.717) is 6.42 Å². The van der Waals surface area contributed by atoms with Crippen LogP contribution in [0.5, 0.6) is 0 Å². The van der Waals surface area contributed by atoms with Gasteiger partial charge in [0.1, 0.15) is 5.82 Å². The summed E-state index contributed by atoms with van der Waals surface area (Å²) < 4.78 is 13.6. The Morgan fingerprint density at radius 1 is 1.47 bits per heavy atom. The second kappa shape index (κ2) is 5.79. The topological polar surface area (TPSA) is 92.4 Å². The van der Waals surface area contributed by atoms with Crippen LogP contribution in [0.15, 0.2) is 18.2 Å². The number of aromatic carboxylic acids is 1. The highest BCUT2D eigenvalue weighted by Crippen LogP contribution is 2.18. The quantitative estimate of drug-likeness (QED) is 0.761. The molecule has 19 heavy (non-hydrogen) atoms. The Balaban J connectivity index is 2.89. The molecular weight excluding hydrogens is 251 g/mol. The molecule has 1 amide bonds. The maximum atomic E-state index is 13.6. The van der Waals surface area contributed by atoms with Crippen LogP contribution in [-0.4, -0.2) is 22.5 Å². The number of carboxylic acids is 1. The normalized spacial score (nSPS) is 13.7. The van der Waals surface area contributed by atoms with Gasteiger partial charge in [-0.25, -0.2) is 9.18 Å². The lowest BCUT2D eigenvalue weighted by Gasteiger charge is -2.23. The van der Waals surface area contributed by atoms with Gasteiger partial charge in [-0.1, -0.05) is 13.3 Å². The molecule has 0 radical (unpaired) electrons. The summed E-state index contributed by atoms with van der Waals surface area (Å²) in [4.78, 5) is 22.5. The monoisotopic (exact) mass is 268 g/mol. The molecule has 1 rings (SSSR count). The molecule has 104 valence electrons. The molecular formula is C13H17FN2O3. The fourth-order valence-corrected chi connectivity index (χ4v) is 1.65. The molecule has 0 fully saturated rings. The molecule has 0 saturated carbocycles. The molecule has 1 aromatic carbocycles. The molecule has 6 heteroatoms. The summed E-state index contributed by atoms with van der Waals surface area (Å²) in [6.45, 7) is 3.45. The largest absolute Gasteiger partial charge is 0.478 e. The van der Waals surface area contributed by atoms with Gasteiger partial charge in [-0.15, -0.1) is 0 Å². The van der Waals surface area contributed by atoms with E-state index in [1.165, 1.54) is 12.1 Å². The molecule has 0 aliphatic carbocycles. The van der Waals surface area contributed by atoms with Gasteiger partial charge in [-0.3, -0.25) is 4.79 Å². The zero-order valence-corrected chi connectivity index (χ0v) is 10.9. The SMILES string of the molecule is CCCC(C)(N)C(=O)Nc1ccc(C(=O)O)cc1F. The van der Waals surface area contributed by atoms with Crippen LogP contribution >= 0.6 is 0 Å². The maximum absolute atomic E-state index is 13.6. The number of carbonyl (C=O) groups excluding carboxylic acids is 1. The summed E-state index contributed by atoms with van der Waals surface area (Å²) in [5, 5.41) is 11.1. The van der Waals surface area contributed by atoms with Crippen LogP contribution in [0.1, 0.15) is 37.0 Å². The zero-order chi connectivity index (χ0) is 14.6. The van der Waals surface area contributed by atoms with Gasteiger partial charge in [0.25, 0.3) is 0 Å². The van der Waals surface area contributed by atoms with Crippen LogP contribution in [0.25, 0.3) is 0 Å². The molecule has 1 aromatic rings. The van der Waals surface area contributed by atoms with Crippen molar-refractivity contribution in [2.24, 2.45) is 5.73 Å². The van der Waals surface area contributed by atoms with Gasteiger partial charge >= 0.3 is 5.97 Å². The van der Waals surface area contributed by atoms with Gasteiger partial charge in [-0.05, 0) is 31.5 Å². The summed E-state index contributed by atoms with van der Waals surface area (Å²) in [7, 11) is 0. The molecule has 0 bridgehead atoms. The summed E-state index contributed by atoms with van der Waals surface area (Å²) in [6.07, 6.45) is 1.19. The van der Waals surface area contributed by atoms with E-state index in [-0.39, 0.29) is 11.3 Å². The Morgan fingerprint density at radius 2 is 2.11 bits per heavy atom. The van der Waals surface area contributed by atoms with Crippen molar-refractivity contribution in [3.63, 3.8) is 0 Å². The Bertz CT molecular complexity index is 501. The number of hydrogen-bond acceptors (Lipinski definition) is 3. The van der Waals surface area contributed by atoms with E-state index < -0.39 is 23.2 Å². The van der Waals surface area contributed by atoms with Crippen LogP contribution in [0.4, 0.5) is 10.1 Å². The lowest BCUT2D eigenvalue weighted by Crippen LogP contribution is -2.48. The molecule has 0 spiro atoms. The highest BCUT2D eigenvalue weighted by atomic mass is 19.1. The van der Waals surface area contributed by atoms with E-state index in [9.17, 15) is 14.0 Å². The second-order valence-electron chi connectivity index (χ2n) is 4.62. The Hall–Kier alpha value is -1.95. The average Bonchev–Trinajstić information content (AvgIpc) is 2.31. The number of anilines is 1. The van der Waals surface area contributed by atoms with Gasteiger partial charge in [0, 0.05) is 0 Å². The minimum atomic E-state index is -1.23. The van der Waals surface area contributed by atoms with Crippen molar-refractivity contribution >= 4 is 17.6 Å². The first-order valence-electron chi connectivity index (χ1n) is 5.91. The molecule has 1 unspecified atom stereocenters. The summed E-state index contributed by atoms with van der Waals surface area (Å²) in [6, 6.07) is 3.28. The highest BCUT2D eigenvalue weighted by molar-refractivity contribution is 5.98. The van der Waals surface area contributed by atoms with Crippen molar-refractivity contribution in [3.8, 4) is 0 Å². The lowest BCUT2D eigenvalue weighted by atomic mass is 9.96. The zero-order valence-electron chi connectivity index (χ0n) is 10.9. The summed E-state index contributed by atoms with van der Waals surface area (Å²) in [5.41, 5.74) is 4.47. The van der Waals surface area contributed by atoms with E-state index in [0.717, 1.165) is 12.5 Å². The smallest absolute Gasteiger partial charge is 0.335 e. The third kappa shape index (κ3) is 3.75. The fraction of sp³-hybridized carbons (Fsp3) is 0.385.